The van der Waals surface area contributed by atoms with Crippen molar-refractivity contribution in [3.8, 4) is 0 Å². The zero-order chi connectivity index (χ0) is 18.6. The normalized spacial score (nSPS) is 18.4. The van der Waals surface area contributed by atoms with Crippen LogP contribution in [-0.4, -0.2) is 53.4 Å². The number of nitrogens with zero attached hydrogens (tertiary/aromatic N) is 4. The summed E-state index contributed by atoms with van der Waals surface area (Å²) in [6.45, 7) is 2.84. The van der Waals surface area contributed by atoms with Crippen molar-refractivity contribution in [2.75, 3.05) is 23.0 Å². The zero-order valence-electron chi connectivity index (χ0n) is 14.5. The minimum atomic E-state index is -3.00. The van der Waals surface area contributed by atoms with Crippen molar-refractivity contribution in [2.24, 2.45) is 0 Å². The van der Waals surface area contributed by atoms with E-state index in [1.807, 2.05) is 30.0 Å². The highest BCUT2D eigenvalue weighted by Crippen LogP contribution is 2.22. The Morgan fingerprint density at radius 2 is 2.15 bits per heavy atom. The van der Waals surface area contributed by atoms with Gasteiger partial charge in [0, 0.05) is 24.8 Å². The number of aromatic nitrogens is 3. The molecule has 2 aromatic rings. The van der Waals surface area contributed by atoms with Gasteiger partial charge in [-0.3, -0.25) is 9.78 Å². The van der Waals surface area contributed by atoms with Gasteiger partial charge >= 0.3 is 0 Å². The van der Waals surface area contributed by atoms with E-state index in [0.29, 0.717) is 25.3 Å². The minimum absolute atomic E-state index is 0.117. The molecule has 3 rings (SSSR count). The van der Waals surface area contributed by atoms with Crippen molar-refractivity contribution in [3.63, 3.8) is 0 Å². The van der Waals surface area contributed by atoms with Gasteiger partial charge in [0.15, 0.2) is 9.84 Å². The van der Waals surface area contributed by atoms with Gasteiger partial charge in [-0.25, -0.2) is 18.4 Å². The smallest absolute Gasteiger partial charge is 0.270 e. The van der Waals surface area contributed by atoms with Gasteiger partial charge in [0.05, 0.1) is 23.7 Å². The summed E-state index contributed by atoms with van der Waals surface area (Å²) in [4.78, 5) is 26.7. The molecule has 0 aliphatic carbocycles. The highest BCUT2D eigenvalue weighted by Gasteiger charge is 2.32. The molecule has 1 unspecified atom stereocenters. The molecular weight excluding hydrogens is 354 g/mol. The highest BCUT2D eigenvalue weighted by atomic mass is 32.2. The molecule has 0 spiro atoms. The first-order valence-electron chi connectivity index (χ1n) is 8.45. The molecule has 1 aliphatic rings. The summed E-state index contributed by atoms with van der Waals surface area (Å²) >= 11 is 0. The molecule has 1 aliphatic heterocycles. The van der Waals surface area contributed by atoms with E-state index in [0.717, 1.165) is 5.69 Å². The predicted octanol–water partition coefficient (Wildman–Crippen LogP) is 0.815. The fourth-order valence-corrected chi connectivity index (χ4v) is 4.75. The lowest BCUT2D eigenvalue weighted by Crippen LogP contribution is -2.37. The molecule has 2 aromatic heterocycles. The highest BCUT2D eigenvalue weighted by molar-refractivity contribution is 7.91. The number of carbonyl (C=O) groups excluding carboxylic acids is 1. The molecule has 0 saturated carbocycles. The lowest BCUT2D eigenvalue weighted by Gasteiger charge is -2.27. The van der Waals surface area contributed by atoms with Gasteiger partial charge < -0.3 is 10.2 Å². The van der Waals surface area contributed by atoms with Crippen LogP contribution < -0.4 is 10.2 Å². The van der Waals surface area contributed by atoms with Gasteiger partial charge in [0.2, 0.25) is 0 Å². The minimum Gasteiger partial charge on any atom is -0.353 e. The molecular formula is C17H21N5O3S. The Hall–Kier alpha value is -2.55. The van der Waals surface area contributed by atoms with Gasteiger partial charge in [-0.15, -0.1) is 0 Å². The molecule has 26 heavy (non-hydrogen) atoms. The summed E-state index contributed by atoms with van der Waals surface area (Å²) in [5, 5.41) is 2.78. The van der Waals surface area contributed by atoms with Crippen LogP contribution in [0.2, 0.25) is 0 Å². The summed E-state index contributed by atoms with van der Waals surface area (Å²) in [5.41, 5.74) is 0.992. The van der Waals surface area contributed by atoms with Crippen molar-refractivity contribution < 1.29 is 13.2 Å². The third-order valence-electron chi connectivity index (χ3n) is 4.33. The largest absolute Gasteiger partial charge is 0.353 e. The summed E-state index contributed by atoms with van der Waals surface area (Å²) in [7, 11) is -3.00. The lowest BCUT2D eigenvalue weighted by atomic mass is 10.2. The van der Waals surface area contributed by atoms with Gasteiger partial charge in [-0.2, -0.15) is 0 Å². The average Bonchev–Trinajstić information content (AvgIpc) is 3.01. The molecule has 1 atom stereocenters. The SMILES string of the molecule is CCN(c1cc(C(=O)NCc2ccccn2)ncn1)C1CCS(=O)(=O)C1. The maximum atomic E-state index is 12.4. The molecule has 3 heterocycles. The maximum absolute atomic E-state index is 12.4. The number of anilines is 1. The molecule has 1 N–H and O–H groups in total. The van der Waals surface area contributed by atoms with Crippen molar-refractivity contribution in [1.82, 2.24) is 20.3 Å². The third kappa shape index (κ3) is 4.34. The molecule has 0 radical (unpaired) electrons. The number of hydrogen-bond acceptors (Lipinski definition) is 7. The van der Waals surface area contributed by atoms with Crippen LogP contribution in [0.1, 0.15) is 29.5 Å². The van der Waals surface area contributed by atoms with E-state index in [4.69, 9.17) is 0 Å². The van der Waals surface area contributed by atoms with Crippen LogP contribution in [0.15, 0.2) is 36.8 Å². The van der Waals surface area contributed by atoms with Crippen LogP contribution in [0.5, 0.6) is 0 Å². The van der Waals surface area contributed by atoms with E-state index in [2.05, 4.69) is 20.3 Å². The van der Waals surface area contributed by atoms with E-state index in [1.165, 1.54) is 6.33 Å². The van der Waals surface area contributed by atoms with Crippen LogP contribution in [-0.2, 0) is 16.4 Å². The summed E-state index contributed by atoms with van der Waals surface area (Å²) < 4.78 is 23.5. The number of carbonyl (C=O) groups is 1. The van der Waals surface area contributed by atoms with E-state index in [-0.39, 0.29) is 29.1 Å². The van der Waals surface area contributed by atoms with E-state index < -0.39 is 9.84 Å². The summed E-state index contributed by atoms with van der Waals surface area (Å²) in [6.07, 6.45) is 3.57. The Balaban J connectivity index is 1.71. The number of amides is 1. The van der Waals surface area contributed by atoms with Crippen molar-refractivity contribution in [2.45, 2.75) is 25.9 Å². The fourth-order valence-electron chi connectivity index (χ4n) is 3.02. The van der Waals surface area contributed by atoms with E-state index >= 15 is 0 Å². The van der Waals surface area contributed by atoms with Crippen LogP contribution in [0.4, 0.5) is 5.82 Å². The second kappa shape index (κ2) is 7.77. The number of sulfone groups is 1. The van der Waals surface area contributed by atoms with E-state index in [1.54, 1.807) is 12.3 Å². The first-order chi connectivity index (χ1) is 12.5. The molecule has 0 aromatic carbocycles. The Bertz CT molecular complexity index is 873. The average molecular weight is 375 g/mol. The molecule has 1 amide bonds. The Labute approximate surface area is 152 Å². The van der Waals surface area contributed by atoms with Gasteiger partial charge in [-0.05, 0) is 25.5 Å². The van der Waals surface area contributed by atoms with Crippen LogP contribution in [0, 0.1) is 0 Å². The second-order valence-corrected chi connectivity index (χ2v) is 8.34. The Kier molecular flexibility index (Phi) is 5.46. The lowest BCUT2D eigenvalue weighted by molar-refractivity contribution is 0.0945. The van der Waals surface area contributed by atoms with Crippen molar-refractivity contribution in [3.05, 3.63) is 48.2 Å². The van der Waals surface area contributed by atoms with E-state index in [9.17, 15) is 13.2 Å². The first kappa shape index (κ1) is 18.2. The molecule has 0 bridgehead atoms. The monoisotopic (exact) mass is 375 g/mol. The Morgan fingerprint density at radius 1 is 1.31 bits per heavy atom. The van der Waals surface area contributed by atoms with Gasteiger partial charge in [0.1, 0.15) is 17.8 Å². The molecule has 8 nitrogen and oxygen atoms in total. The molecule has 1 fully saturated rings. The summed E-state index contributed by atoms with van der Waals surface area (Å²) in [6, 6.07) is 6.97. The fraction of sp³-hybridized carbons (Fsp3) is 0.412. The number of rotatable bonds is 6. The topological polar surface area (TPSA) is 105 Å². The van der Waals surface area contributed by atoms with Crippen molar-refractivity contribution >= 4 is 21.6 Å². The summed E-state index contributed by atoms with van der Waals surface area (Å²) in [5.74, 6) is 0.546. The molecule has 1 saturated heterocycles. The van der Waals surface area contributed by atoms with Gasteiger partial charge in [-0.1, -0.05) is 6.07 Å². The first-order valence-corrected chi connectivity index (χ1v) is 10.3. The third-order valence-corrected chi connectivity index (χ3v) is 6.08. The molecule has 138 valence electrons. The van der Waals surface area contributed by atoms with Gasteiger partial charge in [0.25, 0.3) is 5.91 Å². The molecule has 9 heteroatoms. The zero-order valence-corrected chi connectivity index (χ0v) is 15.3. The quantitative estimate of drug-likeness (QED) is 0.797. The second-order valence-electron chi connectivity index (χ2n) is 6.11. The van der Waals surface area contributed by atoms with Crippen LogP contribution >= 0.6 is 0 Å². The standard InChI is InChI=1S/C17H21N5O3S/c1-2-22(14-6-8-26(24,25)11-14)16-9-15(20-12-21-16)17(23)19-10-13-5-3-4-7-18-13/h3-5,7,9,12,14H,2,6,8,10-11H2,1H3,(H,19,23). The number of pyridine rings is 1. The Morgan fingerprint density at radius 3 is 2.81 bits per heavy atom. The van der Waals surface area contributed by atoms with Crippen molar-refractivity contribution in [1.29, 1.82) is 0 Å². The van der Waals surface area contributed by atoms with Crippen LogP contribution in [0.25, 0.3) is 0 Å². The van der Waals surface area contributed by atoms with Crippen LogP contribution in [0.3, 0.4) is 0 Å². The number of hydrogen-bond donors (Lipinski definition) is 1. The predicted molar refractivity (Wildman–Crippen MR) is 97.5 cm³/mol. The number of nitrogens with one attached hydrogen (secondary N) is 1. The maximum Gasteiger partial charge on any atom is 0.270 e.